The predicted octanol–water partition coefficient (Wildman–Crippen LogP) is 5.41. The molecule has 3 aromatic rings. The lowest BCUT2D eigenvalue weighted by Gasteiger charge is -2.38. The molecule has 37 heavy (non-hydrogen) atoms. The minimum Gasteiger partial charge on any atom is -0.494 e. The van der Waals surface area contributed by atoms with E-state index >= 15 is 4.39 Å². The minimum atomic E-state index is -4.14. The number of fused-ring (bicyclic) bond motifs is 1. The molecule has 0 radical (unpaired) electrons. The number of carboxylic acids is 1. The summed E-state index contributed by atoms with van der Waals surface area (Å²) in [5.74, 6) is -2.82. The number of rotatable bonds is 7. The quantitative estimate of drug-likeness (QED) is 0.439. The summed E-state index contributed by atoms with van der Waals surface area (Å²) in [7, 11) is -2.89. The Balaban J connectivity index is 1.87. The molecule has 0 amide bonds. The number of nitrogens with zero attached hydrogens (tertiary/aromatic N) is 1. The fraction of sp³-hybridized carbons (Fsp3) is 0.296. The smallest absolute Gasteiger partial charge is 0.309 e. The predicted molar refractivity (Wildman–Crippen MR) is 135 cm³/mol. The maximum Gasteiger partial charge on any atom is 0.309 e. The largest absolute Gasteiger partial charge is 0.494 e. The van der Waals surface area contributed by atoms with Crippen molar-refractivity contribution >= 4 is 21.7 Å². The first-order chi connectivity index (χ1) is 17.3. The third-order valence-electron chi connectivity index (χ3n) is 6.35. The van der Waals surface area contributed by atoms with Crippen molar-refractivity contribution in [1.82, 2.24) is 0 Å². The van der Waals surface area contributed by atoms with Crippen molar-refractivity contribution in [2.45, 2.75) is 38.2 Å². The van der Waals surface area contributed by atoms with Crippen LogP contribution in [0.3, 0.4) is 0 Å². The molecule has 1 atom stereocenters. The molecule has 0 fully saturated rings. The van der Waals surface area contributed by atoms with Gasteiger partial charge in [0.15, 0.2) is 11.6 Å². The molecular weight excluding hydrogens is 504 g/mol. The van der Waals surface area contributed by atoms with E-state index < -0.39 is 39.1 Å². The van der Waals surface area contributed by atoms with Gasteiger partial charge in [-0.05, 0) is 68.3 Å². The Morgan fingerprint density at radius 3 is 2.54 bits per heavy atom. The van der Waals surface area contributed by atoms with Gasteiger partial charge in [-0.25, -0.2) is 17.2 Å². The molecule has 4 rings (SSSR count). The summed E-state index contributed by atoms with van der Waals surface area (Å²) in [6, 6.07) is 12.8. The number of halogens is 2. The Kier molecular flexibility index (Phi) is 6.89. The van der Waals surface area contributed by atoms with Crippen LogP contribution in [0.5, 0.6) is 11.5 Å². The summed E-state index contributed by atoms with van der Waals surface area (Å²) in [4.78, 5) is 11.8. The van der Waals surface area contributed by atoms with E-state index in [1.807, 2.05) is 0 Å². The topological polar surface area (TPSA) is 93.1 Å². The van der Waals surface area contributed by atoms with E-state index in [0.717, 1.165) is 15.9 Å². The third-order valence-corrected chi connectivity index (χ3v) is 8.13. The van der Waals surface area contributed by atoms with Crippen molar-refractivity contribution in [1.29, 1.82) is 0 Å². The Hall–Kier alpha value is -3.66. The number of hydrogen-bond donors (Lipinski definition) is 1. The van der Waals surface area contributed by atoms with Crippen molar-refractivity contribution < 1.29 is 36.6 Å². The first-order valence-electron chi connectivity index (χ1n) is 11.5. The monoisotopic (exact) mass is 531 g/mol. The first kappa shape index (κ1) is 26.4. The van der Waals surface area contributed by atoms with Gasteiger partial charge in [-0.2, -0.15) is 0 Å². The number of hydrogen-bond acceptors (Lipinski definition) is 5. The maximum absolute atomic E-state index is 15.0. The number of anilines is 1. The number of aliphatic carboxylic acids is 1. The van der Waals surface area contributed by atoms with Gasteiger partial charge in [-0.3, -0.25) is 9.10 Å². The van der Waals surface area contributed by atoms with Gasteiger partial charge in [0.2, 0.25) is 0 Å². The lowest BCUT2D eigenvalue weighted by Crippen LogP contribution is -2.46. The molecule has 1 heterocycles. The van der Waals surface area contributed by atoms with Crippen LogP contribution in [-0.4, -0.2) is 39.3 Å². The molecule has 0 unspecified atom stereocenters. The molecule has 0 saturated heterocycles. The summed E-state index contributed by atoms with van der Waals surface area (Å²) in [5.41, 5.74) is -0.653. The highest BCUT2D eigenvalue weighted by atomic mass is 32.2. The molecule has 0 aliphatic carbocycles. The summed E-state index contributed by atoms with van der Waals surface area (Å²) in [5, 5.41) is 9.59. The number of carbonyl (C=O) groups is 1. The van der Waals surface area contributed by atoms with Crippen LogP contribution in [0, 0.1) is 24.0 Å². The zero-order valence-corrected chi connectivity index (χ0v) is 21.6. The van der Waals surface area contributed by atoms with Crippen molar-refractivity contribution in [2.75, 3.05) is 18.0 Å². The molecule has 0 saturated carbocycles. The van der Waals surface area contributed by atoms with Gasteiger partial charge < -0.3 is 14.6 Å². The Labute approximate surface area is 214 Å². The molecule has 7 nitrogen and oxygen atoms in total. The molecule has 0 aromatic heterocycles. The van der Waals surface area contributed by atoms with E-state index in [1.165, 1.54) is 57.4 Å². The Morgan fingerprint density at radius 2 is 1.89 bits per heavy atom. The van der Waals surface area contributed by atoms with E-state index in [9.17, 15) is 22.7 Å². The number of aryl methyl sites for hydroxylation is 1. The average Bonchev–Trinajstić information content (AvgIpc) is 2.83. The van der Waals surface area contributed by atoms with Gasteiger partial charge in [0.25, 0.3) is 10.0 Å². The Bertz CT molecular complexity index is 1470. The SMILES string of the molecule is COc1ccc(F)c(-c2ccc3c(c2)N(S(=O)(=O)c2cccc(C)c2)C[C@H](CC(C)(C)C(=O)O)O3)c1F. The zero-order chi connectivity index (χ0) is 27.1. The minimum absolute atomic E-state index is 0.0285. The molecule has 1 aliphatic heterocycles. The number of sulfonamides is 1. The third kappa shape index (κ3) is 4.98. The van der Waals surface area contributed by atoms with Gasteiger partial charge in [0, 0.05) is 6.42 Å². The fourth-order valence-corrected chi connectivity index (χ4v) is 5.92. The summed E-state index contributed by atoms with van der Waals surface area (Å²) < 4.78 is 69.5. The van der Waals surface area contributed by atoms with Crippen molar-refractivity contribution in [3.63, 3.8) is 0 Å². The van der Waals surface area contributed by atoms with Gasteiger partial charge in [-0.1, -0.05) is 18.2 Å². The highest BCUT2D eigenvalue weighted by molar-refractivity contribution is 7.92. The van der Waals surface area contributed by atoms with E-state index in [4.69, 9.17) is 9.47 Å². The molecule has 3 aromatic carbocycles. The zero-order valence-electron chi connectivity index (χ0n) is 20.8. The van der Waals surface area contributed by atoms with Crippen LogP contribution in [0.1, 0.15) is 25.8 Å². The van der Waals surface area contributed by atoms with Crippen molar-refractivity contribution in [3.8, 4) is 22.6 Å². The number of carboxylic acid groups (broad SMARTS) is 1. The molecule has 1 aliphatic rings. The summed E-state index contributed by atoms with van der Waals surface area (Å²) >= 11 is 0. The standard InChI is InChI=1S/C27H27F2NO6S/c1-16-6-5-7-19(12-16)37(33,34)30-15-18(14-27(2,3)26(31)32)36-22-10-8-17(13-21(22)30)24-20(28)9-11-23(35-4)25(24)29/h5-13,18H,14-15H2,1-4H3,(H,31,32)/t18-/m0/s1. The van der Waals surface area contributed by atoms with E-state index in [2.05, 4.69) is 0 Å². The second-order valence-corrected chi connectivity index (χ2v) is 11.5. The van der Waals surface area contributed by atoms with Gasteiger partial charge in [-0.15, -0.1) is 0 Å². The van der Waals surface area contributed by atoms with Crippen LogP contribution in [0.15, 0.2) is 59.5 Å². The van der Waals surface area contributed by atoms with Crippen LogP contribution in [-0.2, 0) is 14.8 Å². The normalized spacial score (nSPS) is 15.6. The van der Waals surface area contributed by atoms with Crippen molar-refractivity contribution in [3.05, 3.63) is 71.8 Å². The van der Waals surface area contributed by atoms with Gasteiger partial charge >= 0.3 is 5.97 Å². The summed E-state index contributed by atoms with van der Waals surface area (Å²) in [6.45, 7) is 4.64. The molecule has 0 bridgehead atoms. The summed E-state index contributed by atoms with van der Waals surface area (Å²) in [6.07, 6.45) is -0.753. The molecule has 196 valence electrons. The van der Waals surface area contributed by atoms with E-state index in [-0.39, 0.29) is 46.2 Å². The highest BCUT2D eigenvalue weighted by Crippen LogP contribution is 2.43. The van der Waals surface area contributed by atoms with E-state index in [0.29, 0.717) is 0 Å². The second kappa shape index (κ2) is 9.66. The fourth-order valence-electron chi connectivity index (χ4n) is 4.32. The lowest BCUT2D eigenvalue weighted by molar-refractivity contribution is -0.148. The van der Waals surface area contributed by atoms with Gasteiger partial charge in [0.1, 0.15) is 17.7 Å². The second-order valence-electron chi connectivity index (χ2n) is 9.61. The highest BCUT2D eigenvalue weighted by Gasteiger charge is 2.39. The number of ether oxygens (including phenoxy) is 2. The number of benzene rings is 3. The van der Waals surface area contributed by atoms with Crippen LogP contribution in [0.4, 0.5) is 14.5 Å². The van der Waals surface area contributed by atoms with E-state index in [1.54, 1.807) is 19.1 Å². The molecule has 10 heteroatoms. The Morgan fingerprint density at radius 1 is 1.16 bits per heavy atom. The van der Waals surface area contributed by atoms with Crippen LogP contribution in [0.25, 0.3) is 11.1 Å². The van der Waals surface area contributed by atoms with Crippen molar-refractivity contribution in [2.24, 2.45) is 5.41 Å². The number of methoxy groups -OCH3 is 1. The van der Waals surface area contributed by atoms with Crippen LogP contribution < -0.4 is 13.8 Å². The van der Waals surface area contributed by atoms with Gasteiger partial charge in [0.05, 0.1) is 35.2 Å². The van der Waals surface area contributed by atoms with Crippen LogP contribution in [0.2, 0.25) is 0 Å². The maximum atomic E-state index is 15.0. The van der Waals surface area contributed by atoms with Crippen LogP contribution >= 0.6 is 0 Å². The molecular formula is C27H27F2NO6S. The average molecular weight is 532 g/mol. The molecule has 0 spiro atoms. The lowest BCUT2D eigenvalue weighted by atomic mass is 9.86. The first-order valence-corrected chi connectivity index (χ1v) is 12.9. The molecule has 1 N–H and O–H groups in total.